The molecule has 0 bridgehead atoms. The van der Waals surface area contributed by atoms with Gasteiger partial charge in [0.25, 0.3) is 0 Å². The van der Waals surface area contributed by atoms with E-state index < -0.39 is 15.6 Å². The van der Waals surface area contributed by atoms with Gasteiger partial charge in [-0.05, 0) is 31.9 Å². The molecule has 0 aliphatic heterocycles. The van der Waals surface area contributed by atoms with Gasteiger partial charge in [-0.3, -0.25) is 5.32 Å². The van der Waals surface area contributed by atoms with E-state index in [-0.39, 0.29) is 0 Å². The molecule has 0 atom stereocenters. The number of alkyl halides is 5. The summed E-state index contributed by atoms with van der Waals surface area (Å²) in [6, 6.07) is 0. The van der Waals surface area contributed by atoms with Gasteiger partial charge in [-0.2, -0.15) is 13.2 Å². The molecule has 0 aromatic heterocycles. The van der Waals surface area contributed by atoms with Crippen LogP contribution in [0.3, 0.4) is 0 Å². The number of carbonyl (C=O) groups excluding carboxylic acids is 1. The number of hydrogen-bond donors (Lipinski definition) is 1. The molecule has 0 rings (SSSR count). The number of halogens is 5. The van der Waals surface area contributed by atoms with Crippen molar-refractivity contribution >= 4 is 38.0 Å². The van der Waals surface area contributed by atoms with Crippen LogP contribution < -0.4 is 5.32 Å². The standard InChI is InChI=1S/C4H4Br2F3NO2/c1-12-2(11)10-3(5,6)4(7,8)9/h1H3,(H,10,11). The van der Waals surface area contributed by atoms with Crippen LogP contribution in [0, 0.1) is 0 Å². The van der Waals surface area contributed by atoms with Crippen molar-refractivity contribution in [2.45, 2.75) is 9.53 Å². The van der Waals surface area contributed by atoms with E-state index >= 15 is 0 Å². The Hall–Kier alpha value is 0.0200. The first kappa shape index (κ1) is 12.0. The van der Waals surface area contributed by atoms with E-state index in [1.165, 1.54) is 5.32 Å². The van der Waals surface area contributed by atoms with E-state index in [1.54, 1.807) is 0 Å². The van der Waals surface area contributed by atoms with E-state index in [9.17, 15) is 18.0 Å². The fourth-order valence-electron chi connectivity index (χ4n) is 0.250. The maximum Gasteiger partial charge on any atom is 0.432 e. The van der Waals surface area contributed by atoms with Gasteiger partial charge in [0, 0.05) is 0 Å². The first-order valence-corrected chi connectivity index (χ1v) is 4.10. The molecule has 0 unspecified atom stereocenters. The second kappa shape index (κ2) is 3.82. The molecule has 12 heavy (non-hydrogen) atoms. The Morgan fingerprint density at radius 2 is 1.83 bits per heavy atom. The van der Waals surface area contributed by atoms with Gasteiger partial charge in [0.15, 0.2) is 0 Å². The third-order valence-corrected chi connectivity index (χ3v) is 2.10. The Kier molecular flexibility index (Phi) is 3.83. The van der Waals surface area contributed by atoms with Crippen molar-refractivity contribution in [2.75, 3.05) is 7.11 Å². The molecule has 3 nitrogen and oxygen atoms in total. The Morgan fingerprint density at radius 1 is 1.42 bits per heavy atom. The van der Waals surface area contributed by atoms with Crippen LogP contribution in [0.1, 0.15) is 0 Å². The summed E-state index contributed by atoms with van der Waals surface area (Å²) in [6.45, 7) is 0. The first-order chi connectivity index (χ1) is 5.20. The number of ether oxygens (including phenoxy) is 1. The summed E-state index contributed by atoms with van der Waals surface area (Å²) in [5.41, 5.74) is 0. The number of amides is 1. The number of methoxy groups -OCH3 is 1. The third-order valence-electron chi connectivity index (χ3n) is 0.800. The molecule has 0 aromatic rings. The number of nitrogens with one attached hydrogen (secondary N) is 1. The summed E-state index contributed by atoms with van der Waals surface area (Å²) in [5.74, 6) is 0. The van der Waals surface area contributed by atoms with Crippen molar-refractivity contribution in [2.24, 2.45) is 0 Å². The Bertz CT molecular complexity index is 182. The van der Waals surface area contributed by atoms with Crippen molar-refractivity contribution in [3.05, 3.63) is 0 Å². The van der Waals surface area contributed by atoms with Crippen molar-refractivity contribution in [3.63, 3.8) is 0 Å². The van der Waals surface area contributed by atoms with Crippen molar-refractivity contribution in [1.29, 1.82) is 0 Å². The zero-order chi connectivity index (χ0) is 9.99. The lowest BCUT2D eigenvalue weighted by molar-refractivity contribution is -0.138. The minimum Gasteiger partial charge on any atom is -0.453 e. The Balaban J connectivity index is 4.33. The van der Waals surface area contributed by atoms with Gasteiger partial charge in [-0.1, -0.05) is 0 Å². The molecule has 72 valence electrons. The van der Waals surface area contributed by atoms with Crippen LogP contribution in [0.5, 0.6) is 0 Å². The quantitative estimate of drug-likeness (QED) is 0.596. The van der Waals surface area contributed by atoms with Crippen LogP contribution in [0.2, 0.25) is 0 Å². The largest absolute Gasteiger partial charge is 0.453 e. The normalized spacial score (nSPS) is 12.5. The van der Waals surface area contributed by atoms with Crippen molar-refractivity contribution in [1.82, 2.24) is 5.32 Å². The molecule has 0 saturated carbocycles. The summed E-state index contributed by atoms with van der Waals surface area (Å²) < 4.78 is 37.2. The Morgan fingerprint density at radius 3 is 2.08 bits per heavy atom. The number of alkyl carbamates (subject to hydrolysis) is 1. The fraction of sp³-hybridized carbons (Fsp3) is 0.750. The lowest BCUT2D eigenvalue weighted by Crippen LogP contribution is -2.49. The molecule has 1 amide bonds. The molecule has 0 heterocycles. The smallest absolute Gasteiger partial charge is 0.432 e. The van der Waals surface area contributed by atoms with E-state index in [2.05, 4.69) is 36.6 Å². The predicted octanol–water partition coefficient (Wildman–Crippen LogP) is 2.35. The van der Waals surface area contributed by atoms with Gasteiger partial charge in [0.05, 0.1) is 7.11 Å². The Labute approximate surface area is 82.9 Å². The molecule has 0 aliphatic carbocycles. The average Bonchev–Trinajstić information content (AvgIpc) is 1.84. The monoisotopic (exact) mass is 313 g/mol. The highest BCUT2D eigenvalue weighted by Crippen LogP contribution is 2.40. The van der Waals surface area contributed by atoms with Gasteiger partial charge in [-0.15, -0.1) is 0 Å². The summed E-state index contributed by atoms with van der Waals surface area (Å²) in [7, 11) is 0.960. The minimum absolute atomic E-state index is 0.960. The summed E-state index contributed by atoms with van der Waals surface area (Å²) >= 11 is 4.45. The summed E-state index contributed by atoms with van der Waals surface area (Å²) in [4.78, 5) is 10.4. The summed E-state index contributed by atoms with van der Waals surface area (Å²) in [5, 5.41) is 1.49. The third kappa shape index (κ3) is 3.18. The van der Waals surface area contributed by atoms with Crippen LogP contribution in [-0.2, 0) is 4.74 Å². The molecular weight excluding hydrogens is 311 g/mol. The minimum atomic E-state index is -4.65. The maximum atomic E-state index is 12.0. The topological polar surface area (TPSA) is 38.3 Å². The zero-order valence-electron chi connectivity index (χ0n) is 5.71. The molecule has 0 fully saturated rings. The van der Waals surface area contributed by atoms with Gasteiger partial charge in [0.2, 0.25) is 3.36 Å². The van der Waals surface area contributed by atoms with E-state index in [0.717, 1.165) is 7.11 Å². The number of rotatable bonds is 1. The lowest BCUT2D eigenvalue weighted by Gasteiger charge is -2.23. The fourth-order valence-corrected chi connectivity index (χ4v) is 0.574. The van der Waals surface area contributed by atoms with Crippen LogP contribution in [-0.4, -0.2) is 22.7 Å². The number of carbonyl (C=O) groups is 1. The van der Waals surface area contributed by atoms with Gasteiger partial charge in [-0.25, -0.2) is 4.79 Å². The van der Waals surface area contributed by atoms with Gasteiger partial charge in [0.1, 0.15) is 0 Å². The molecular formula is C4H4Br2F3NO2. The second-order valence-electron chi connectivity index (χ2n) is 1.69. The van der Waals surface area contributed by atoms with Crippen molar-refractivity contribution < 1.29 is 22.7 Å². The van der Waals surface area contributed by atoms with Crippen LogP contribution in [0.25, 0.3) is 0 Å². The molecule has 1 N–H and O–H groups in total. The molecule has 0 radical (unpaired) electrons. The van der Waals surface area contributed by atoms with Crippen LogP contribution >= 0.6 is 31.9 Å². The highest BCUT2D eigenvalue weighted by atomic mass is 79.9. The lowest BCUT2D eigenvalue weighted by atomic mass is 10.6. The molecule has 0 aliphatic rings. The van der Waals surface area contributed by atoms with Gasteiger partial charge < -0.3 is 4.74 Å². The first-order valence-electron chi connectivity index (χ1n) is 2.51. The predicted molar refractivity (Wildman–Crippen MR) is 42.2 cm³/mol. The molecule has 0 aromatic carbocycles. The highest BCUT2D eigenvalue weighted by Gasteiger charge is 2.53. The molecule has 0 spiro atoms. The van der Waals surface area contributed by atoms with E-state index in [0.29, 0.717) is 0 Å². The van der Waals surface area contributed by atoms with Crippen LogP contribution in [0.15, 0.2) is 0 Å². The van der Waals surface area contributed by atoms with E-state index in [1.807, 2.05) is 0 Å². The number of hydrogen-bond acceptors (Lipinski definition) is 2. The van der Waals surface area contributed by atoms with Gasteiger partial charge >= 0.3 is 12.3 Å². The average molecular weight is 315 g/mol. The SMILES string of the molecule is COC(=O)NC(Br)(Br)C(F)(F)F. The second-order valence-corrected chi connectivity index (χ2v) is 5.13. The molecule has 8 heteroatoms. The van der Waals surface area contributed by atoms with Crippen LogP contribution in [0.4, 0.5) is 18.0 Å². The summed E-state index contributed by atoms with van der Waals surface area (Å²) in [6.07, 6.45) is -5.85. The molecule has 0 saturated heterocycles. The maximum absolute atomic E-state index is 12.0. The van der Waals surface area contributed by atoms with E-state index in [4.69, 9.17) is 0 Å². The highest BCUT2D eigenvalue weighted by molar-refractivity contribution is 9.25. The zero-order valence-corrected chi connectivity index (χ0v) is 8.88. The van der Waals surface area contributed by atoms with Crippen molar-refractivity contribution in [3.8, 4) is 0 Å².